The Balaban J connectivity index is 2.08. The Labute approximate surface area is 137 Å². The lowest BCUT2D eigenvalue weighted by Crippen LogP contribution is -2.52. The van der Waals surface area contributed by atoms with E-state index in [1.165, 1.54) is 0 Å². The standard InChI is InChI=1S/C13H11F4N3O5/c14-11(15)9-5-13(22,12(16)17)19(18-9)10(21)6-25-8-3-1-7(2-4-8)20(23)24/h1-4,11-12,22H,5-6H2. The van der Waals surface area contributed by atoms with Crippen molar-refractivity contribution in [1.82, 2.24) is 5.01 Å². The summed E-state index contributed by atoms with van der Waals surface area (Å²) in [6.45, 7) is -0.896. The number of alkyl halides is 4. The molecule has 0 saturated heterocycles. The maximum atomic E-state index is 13.0. The first kappa shape index (κ1) is 18.6. The van der Waals surface area contributed by atoms with Crippen LogP contribution in [0.25, 0.3) is 0 Å². The number of carbonyl (C=O) groups is 1. The van der Waals surface area contributed by atoms with Gasteiger partial charge < -0.3 is 9.84 Å². The van der Waals surface area contributed by atoms with Crippen molar-refractivity contribution in [3.8, 4) is 5.75 Å². The lowest BCUT2D eigenvalue weighted by Gasteiger charge is -2.29. The molecule has 136 valence electrons. The maximum Gasteiger partial charge on any atom is 0.287 e. The molecule has 1 aromatic rings. The van der Waals surface area contributed by atoms with Crippen LogP contribution >= 0.6 is 0 Å². The van der Waals surface area contributed by atoms with Gasteiger partial charge in [-0.25, -0.2) is 17.6 Å². The maximum absolute atomic E-state index is 13.0. The van der Waals surface area contributed by atoms with Crippen molar-refractivity contribution in [3.05, 3.63) is 34.4 Å². The summed E-state index contributed by atoms with van der Waals surface area (Å²) in [7, 11) is 0. The summed E-state index contributed by atoms with van der Waals surface area (Å²) in [6, 6.07) is 4.47. The van der Waals surface area contributed by atoms with Gasteiger partial charge in [-0.2, -0.15) is 10.1 Å². The summed E-state index contributed by atoms with van der Waals surface area (Å²) < 4.78 is 56.2. The molecule has 0 fully saturated rings. The van der Waals surface area contributed by atoms with E-state index < -0.39 is 48.1 Å². The molecule has 1 atom stereocenters. The van der Waals surface area contributed by atoms with Crippen molar-refractivity contribution >= 4 is 17.3 Å². The van der Waals surface area contributed by atoms with Gasteiger partial charge in [-0.3, -0.25) is 14.9 Å². The van der Waals surface area contributed by atoms with Crippen LogP contribution in [0, 0.1) is 10.1 Å². The number of hydrazone groups is 1. The minimum atomic E-state index is -3.53. The van der Waals surface area contributed by atoms with Gasteiger partial charge >= 0.3 is 0 Å². The average Bonchev–Trinajstić information content (AvgIpc) is 2.92. The summed E-state index contributed by atoms with van der Waals surface area (Å²) in [5, 5.41) is 23.2. The van der Waals surface area contributed by atoms with Gasteiger partial charge in [-0.15, -0.1) is 0 Å². The van der Waals surface area contributed by atoms with Crippen LogP contribution in [0.5, 0.6) is 5.75 Å². The minimum Gasteiger partial charge on any atom is -0.484 e. The Morgan fingerprint density at radius 3 is 2.44 bits per heavy atom. The number of nitro groups is 1. The Kier molecular flexibility index (Phi) is 5.21. The number of rotatable bonds is 6. The van der Waals surface area contributed by atoms with E-state index in [1.807, 2.05) is 0 Å². The van der Waals surface area contributed by atoms with E-state index in [1.54, 1.807) is 0 Å². The highest BCUT2D eigenvalue weighted by Gasteiger charge is 2.53. The number of non-ortho nitro benzene ring substituents is 1. The molecule has 0 saturated carbocycles. The van der Waals surface area contributed by atoms with Gasteiger partial charge in [-0.05, 0) is 12.1 Å². The molecule has 1 aliphatic heterocycles. The Bertz CT molecular complexity index is 697. The SMILES string of the molecule is O=C(COc1ccc([N+](=O)[O-])cc1)N1N=C(C(F)F)CC1(O)C(F)F. The zero-order valence-electron chi connectivity index (χ0n) is 12.3. The van der Waals surface area contributed by atoms with E-state index >= 15 is 0 Å². The summed E-state index contributed by atoms with van der Waals surface area (Å²) in [5.74, 6) is -1.28. The fourth-order valence-electron chi connectivity index (χ4n) is 2.02. The number of carbonyl (C=O) groups excluding carboxylic acids is 1. The smallest absolute Gasteiger partial charge is 0.287 e. The van der Waals surface area contributed by atoms with Crippen LogP contribution in [-0.4, -0.2) is 51.8 Å². The van der Waals surface area contributed by atoms with E-state index in [0.717, 1.165) is 24.3 Å². The quantitative estimate of drug-likeness (QED) is 0.470. The predicted octanol–water partition coefficient (Wildman–Crippen LogP) is 1.78. The number of hydrogen-bond donors (Lipinski definition) is 1. The Hall–Kier alpha value is -2.76. The van der Waals surface area contributed by atoms with Crippen molar-refractivity contribution < 1.29 is 37.1 Å². The van der Waals surface area contributed by atoms with Crippen molar-refractivity contribution in [1.29, 1.82) is 0 Å². The van der Waals surface area contributed by atoms with E-state index in [4.69, 9.17) is 4.74 Å². The third kappa shape index (κ3) is 3.84. The molecule has 8 nitrogen and oxygen atoms in total. The first-order chi connectivity index (χ1) is 11.6. The zero-order chi connectivity index (χ0) is 18.8. The van der Waals surface area contributed by atoms with Crippen LogP contribution in [0.15, 0.2) is 29.4 Å². The topological polar surface area (TPSA) is 105 Å². The van der Waals surface area contributed by atoms with E-state index in [-0.39, 0.29) is 16.4 Å². The predicted molar refractivity (Wildman–Crippen MR) is 74.4 cm³/mol. The molecule has 1 unspecified atom stereocenters. The highest BCUT2D eigenvalue weighted by Crippen LogP contribution is 2.33. The molecule has 1 N–H and O–H groups in total. The number of halogens is 4. The number of amides is 1. The van der Waals surface area contributed by atoms with E-state index in [2.05, 4.69) is 5.10 Å². The average molecular weight is 365 g/mol. The van der Waals surface area contributed by atoms with Crippen molar-refractivity contribution in [3.63, 3.8) is 0 Å². The normalized spacial score (nSPS) is 20.1. The van der Waals surface area contributed by atoms with Crippen LogP contribution < -0.4 is 4.74 Å². The lowest BCUT2D eigenvalue weighted by atomic mass is 10.1. The van der Waals surface area contributed by atoms with Gasteiger partial charge in [0.1, 0.15) is 11.5 Å². The van der Waals surface area contributed by atoms with Gasteiger partial charge in [0.15, 0.2) is 6.61 Å². The fraction of sp³-hybridized carbons (Fsp3) is 0.385. The second kappa shape index (κ2) is 7.01. The molecule has 0 aliphatic carbocycles. The molecule has 1 heterocycles. The Morgan fingerprint density at radius 1 is 1.36 bits per heavy atom. The molecule has 0 bridgehead atoms. The number of nitro benzene ring substituents is 1. The molecule has 2 rings (SSSR count). The van der Waals surface area contributed by atoms with E-state index in [0.29, 0.717) is 0 Å². The molecule has 0 spiro atoms. The number of benzene rings is 1. The van der Waals surface area contributed by atoms with Crippen LogP contribution in [-0.2, 0) is 4.79 Å². The van der Waals surface area contributed by atoms with Crippen LogP contribution in [0.2, 0.25) is 0 Å². The van der Waals surface area contributed by atoms with Gasteiger partial charge in [0.2, 0.25) is 5.72 Å². The van der Waals surface area contributed by atoms with Crippen molar-refractivity contribution in [2.45, 2.75) is 25.0 Å². The molecule has 1 amide bonds. The molecule has 25 heavy (non-hydrogen) atoms. The molecular formula is C13H11F4N3O5. The van der Waals surface area contributed by atoms with Crippen LogP contribution in [0.4, 0.5) is 23.2 Å². The van der Waals surface area contributed by atoms with Crippen molar-refractivity contribution in [2.75, 3.05) is 6.61 Å². The fourth-order valence-corrected chi connectivity index (χ4v) is 2.02. The highest BCUT2D eigenvalue weighted by atomic mass is 19.3. The molecule has 1 aromatic carbocycles. The van der Waals surface area contributed by atoms with Crippen LogP contribution in [0.3, 0.4) is 0 Å². The highest BCUT2D eigenvalue weighted by molar-refractivity contribution is 5.93. The molecular weight excluding hydrogens is 354 g/mol. The van der Waals surface area contributed by atoms with Gasteiger partial charge in [0.05, 0.1) is 4.92 Å². The van der Waals surface area contributed by atoms with Gasteiger partial charge in [-0.1, -0.05) is 0 Å². The Morgan fingerprint density at radius 2 is 1.96 bits per heavy atom. The number of aliphatic hydroxyl groups is 1. The molecule has 0 radical (unpaired) electrons. The zero-order valence-corrected chi connectivity index (χ0v) is 12.3. The summed E-state index contributed by atoms with van der Waals surface area (Å²) >= 11 is 0. The van der Waals surface area contributed by atoms with Crippen LogP contribution in [0.1, 0.15) is 6.42 Å². The van der Waals surface area contributed by atoms with Crippen molar-refractivity contribution in [2.24, 2.45) is 5.10 Å². The summed E-state index contributed by atoms with van der Waals surface area (Å²) in [4.78, 5) is 21.8. The van der Waals surface area contributed by atoms with Gasteiger partial charge in [0.25, 0.3) is 24.4 Å². The first-order valence-electron chi connectivity index (χ1n) is 6.71. The minimum absolute atomic E-state index is 0.00297. The monoisotopic (exact) mass is 365 g/mol. The summed E-state index contributed by atoms with van der Waals surface area (Å²) in [6.07, 6.45) is -7.93. The largest absolute Gasteiger partial charge is 0.484 e. The van der Waals surface area contributed by atoms with E-state index in [9.17, 15) is 37.6 Å². The second-order valence-corrected chi connectivity index (χ2v) is 4.99. The lowest BCUT2D eigenvalue weighted by molar-refractivity contribution is -0.384. The summed E-state index contributed by atoms with van der Waals surface area (Å²) in [5.41, 5.74) is -4.47. The molecule has 1 aliphatic rings. The molecule has 12 heteroatoms. The third-order valence-corrected chi connectivity index (χ3v) is 3.28. The van der Waals surface area contributed by atoms with Gasteiger partial charge in [0, 0.05) is 18.6 Å². The number of ether oxygens (including phenoxy) is 1. The first-order valence-corrected chi connectivity index (χ1v) is 6.71. The molecule has 0 aromatic heterocycles. The third-order valence-electron chi connectivity index (χ3n) is 3.28. The number of hydrogen-bond acceptors (Lipinski definition) is 6. The second-order valence-electron chi connectivity index (χ2n) is 4.99. The number of nitrogens with zero attached hydrogens (tertiary/aromatic N) is 3.